The van der Waals surface area contributed by atoms with Gasteiger partial charge in [-0.2, -0.15) is 0 Å². The molecule has 0 aromatic heterocycles. The number of anilines is 1. The second-order valence-corrected chi connectivity index (χ2v) is 5.36. The van der Waals surface area contributed by atoms with Crippen molar-refractivity contribution in [2.75, 3.05) is 5.73 Å². The molecule has 0 aliphatic heterocycles. The fourth-order valence-electron chi connectivity index (χ4n) is 2.90. The summed E-state index contributed by atoms with van der Waals surface area (Å²) >= 11 is 0. The van der Waals surface area contributed by atoms with E-state index in [1.165, 1.54) is 48.8 Å². The molecule has 1 fully saturated rings. The molecule has 0 spiro atoms. The molecule has 1 aromatic carbocycles. The lowest BCUT2D eigenvalue weighted by atomic mass is 9.84. The van der Waals surface area contributed by atoms with E-state index in [9.17, 15) is 0 Å². The summed E-state index contributed by atoms with van der Waals surface area (Å²) in [5, 5.41) is 0. The topological polar surface area (TPSA) is 26.0 Å². The Morgan fingerprint density at radius 1 is 1.35 bits per heavy atom. The SMILES string of the molecule is CCc1cc(CC2C[CH]CCC2)cc(C)c1N. The third kappa shape index (κ3) is 3.02. The normalized spacial score (nSPS) is 17.3. The first-order chi connectivity index (χ1) is 8.20. The first-order valence-corrected chi connectivity index (χ1v) is 6.90. The highest BCUT2D eigenvalue weighted by atomic mass is 14.6. The average molecular weight is 230 g/mol. The van der Waals surface area contributed by atoms with Crippen LogP contribution in [0, 0.1) is 19.3 Å². The second kappa shape index (κ2) is 5.57. The molecule has 1 saturated carbocycles. The maximum absolute atomic E-state index is 6.09. The lowest BCUT2D eigenvalue weighted by Gasteiger charge is -2.22. The summed E-state index contributed by atoms with van der Waals surface area (Å²) in [7, 11) is 0. The predicted octanol–water partition coefficient (Wildman–Crippen LogP) is 4.08. The van der Waals surface area contributed by atoms with Crippen LogP contribution < -0.4 is 5.73 Å². The number of rotatable bonds is 3. The molecule has 1 aromatic rings. The second-order valence-electron chi connectivity index (χ2n) is 5.36. The van der Waals surface area contributed by atoms with E-state index in [1.807, 2.05) is 0 Å². The van der Waals surface area contributed by atoms with Gasteiger partial charge >= 0.3 is 0 Å². The highest BCUT2D eigenvalue weighted by Gasteiger charge is 2.15. The van der Waals surface area contributed by atoms with Gasteiger partial charge in [0.05, 0.1) is 0 Å². The van der Waals surface area contributed by atoms with Crippen LogP contribution in [0.2, 0.25) is 0 Å². The largest absolute Gasteiger partial charge is 0.398 e. The van der Waals surface area contributed by atoms with Gasteiger partial charge < -0.3 is 5.73 Å². The zero-order chi connectivity index (χ0) is 12.3. The van der Waals surface area contributed by atoms with Crippen molar-refractivity contribution >= 4 is 5.69 Å². The Labute approximate surface area is 105 Å². The third-order valence-electron chi connectivity index (χ3n) is 3.96. The molecule has 2 N–H and O–H groups in total. The minimum Gasteiger partial charge on any atom is -0.398 e. The van der Waals surface area contributed by atoms with Crippen LogP contribution in [0.4, 0.5) is 5.69 Å². The molecule has 1 aliphatic carbocycles. The van der Waals surface area contributed by atoms with Crippen LogP contribution >= 0.6 is 0 Å². The summed E-state index contributed by atoms with van der Waals surface area (Å²) < 4.78 is 0. The number of nitrogens with two attached hydrogens (primary N) is 1. The number of aryl methyl sites for hydroxylation is 2. The highest BCUT2D eigenvalue weighted by Crippen LogP contribution is 2.28. The Hall–Kier alpha value is -0.980. The minimum atomic E-state index is 0.858. The van der Waals surface area contributed by atoms with Crippen LogP contribution in [0.3, 0.4) is 0 Å². The van der Waals surface area contributed by atoms with E-state index in [0.29, 0.717) is 0 Å². The standard InChI is InChI=1S/C16H24N/c1-3-15-11-14(9-12(2)16(15)17)10-13-7-5-4-6-8-13/h5,9,11,13H,3-4,6-8,10,17H2,1-2H3. The Bertz CT molecular complexity index is 375. The fraction of sp³-hybridized carbons (Fsp3) is 0.562. The maximum atomic E-state index is 6.09. The molecule has 1 atom stereocenters. The fourth-order valence-corrected chi connectivity index (χ4v) is 2.90. The number of nitrogen functional groups attached to an aromatic ring is 1. The first kappa shape index (κ1) is 12.5. The van der Waals surface area contributed by atoms with E-state index in [-0.39, 0.29) is 0 Å². The quantitative estimate of drug-likeness (QED) is 0.778. The van der Waals surface area contributed by atoms with Gasteiger partial charge in [-0.15, -0.1) is 0 Å². The molecule has 0 bridgehead atoms. The summed E-state index contributed by atoms with van der Waals surface area (Å²) in [6, 6.07) is 4.60. The van der Waals surface area contributed by atoms with Gasteiger partial charge in [-0.1, -0.05) is 38.3 Å². The van der Waals surface area contributed by atoms with Crippen LogP contribution in [-0.2, 0) is 12.8 Å². The zero-order valence-corrected chi connectivity index (χ0v) is 11.1. The summed E-state index contributed by atoms with van der Waals surface area (Å²) in [6.45, 7) is 4.31. The van der Waals surface area contributed by atoms with E-state index >= 15 is 0 Å². The van der Waals surface area contributed by atoms with Crippen LogP contribution in [0.25, 0.3) is 0 Å². The van der Waals surface area contributed by atoms with Crippen LogP contribution in [0.5, 0.6) is 0 Å². The average Bonchev–Trinajstić information content (AvgIpc) is 2.35. The van der Waals surface area contributed by atoms with Crippen molar-refractivity contribution in [1.82, 2.24) is 0 Å². The van der Waals surface area contributed by atoms with Gasteiger partial charge in [-0.05, 0) is 55.2 Å². The Balaban J connectivity index is 2.12. The van der Waals surface area contributed by atoms with Crippen molar-refractivity contribution in [3.05, 3.63) is 35.2 Å². The van der Waals surface area contributed by atoms with Crippen molar-refractivity contribution in [3.63, 3.8) is 0 Å². The zero-order valence-electron chi connectivity index (χ0n) is 11.1. The van der Waals surface area contributed by atoms with Gasteiger partial charge in [-0.3, -0.25) is 0 Å². The summed E-state index contributed by atoms with van der Waals surface area (Å²) in [6.07, 6.45) is 10.1. The van der Waals surface area contributed by atoms with Crippen LogP contribution in [0.1, 0.15) is 49.3 Å². The predicted molar refractivity (Wildman–Crippen MR) is 74.9 cm³/mol. The summed E-state index contributed by atoms with van der Waals surface area (Å²) in [4.78, 5) is 0. The smallest absolute Gasteiger partial charge is 0.0376 e. The maximum Gasteiger partial charge on any atom is 0.0376 e. The van der Waals surface area contributed by atoms with E-state index in [2.05, 4.69) is 32.4 Å². The van der Waals surface area contributed by atoms with E-state index in [4.69, 9.17) is 5.73 Å². The lowest BCUT2D eigenvalue weighted by molar-refractivity contribution is 0.412. The highest BCUT2D eigenvalue weighted by molar-refractivity contribution is 5.55. The van der Waals surface area contributed by atoms with Crippen LogP contribution in [0.15, 0.2) is 12.1 Å². The molecule has 93 valence electrons. The number of hydrogen-bond donors (Lipinski definition) is 1. The first-order valence-electron chi connectivity index (χ1n) is 6.90. The number of hydrogen-bond acceptors (Lipinski definition) is 1. The molecule has 1 radical (unpaired) electrons. The molecule has 1 aliphatic rings. The van der Waals surface area contributed by atoms with Gasteiger partial charge in [0.1, 0.15) is 0 Å². The van der Waals surface area contributed by atoms with E-state index < -0.39 is 0 Å². The Kier molecular flexibility index (Phi) is 4.09. The van der Waals surface area contributed by atoms with Crippen molar-refractivity contribution < 1.29 is 0 Å². The van der Waals surface area contributed by atoms with Gasteiger partial charge in [0, 0.05) is 5.69 Å². The Morgan fingerprint density at radius 2 is 2.18 bits per heavy atom. The molecule has 17 heavy (non-hydrogen) atoms. The lowest BCUT2D eigenvalue weighted by Crippen LogP contribution is -2.10. The van der Waals surface area contributed by atoms with Gasteiger partial charge in [0.25, 0.3) is 0 Å². The van der Waals surface area contributed by atoms with Crippen molar-refractivity contribution in [3.8, 4) is 0 Å². The molecule has 0 saturated heterocycles. The third-order valence-corrected chi connectivity index (χ3v) is 3.96. The summed E-state index contributed by atoms with van der Waals surface area (Å²) in [5.41, 5.74) is 11.1. The molecule has 0 amide bonds. The molecule has 1 nitrogen and oxygen atoms in total. The molecule has 1 unspecified atom stereocenters. The molecule has 1 heteroatoms. The Morgan fingerprint density at radius 3 is 2.82 bits per heavy atom. The minimum absolute atomic E-state index is 0.858. The monoisotopic (exact) mass is 230 g/mol. The summed E-state index contributed by atoms with van der Waals surface area (Å²) in [5.74, 6) is 0.858. The van der Waals surface area contributed by atoms with Crippen molar-refractivity contribution in [2.24, 2.45) is 5.92 Å². The van der Waals surface area contributed by atoms with Crippen LogP contribution in [-0.4, -0.2) is 0 Å². The molecular formula is C16H24N. The van der Waals surface area contributed by atoms with Crippen molar-refractivity contribution in [1.29, 1.82) is 0 Å². The van der Waals surface area contributed by atoms with Gasteiger partial charge in [0.15, 0.2) is 0 Å². The molecule has 2 rings (SSSR count). The number of benzene rings is 1. The van der Waals surface area contributed by atoms with E-state index in [0.717, 1.165) is 18.0 Å². The van der Waals surface area contributed by atoms with Crippen molar-refractivity contribution in [2.45, 2.75) is 52.4 Å². The van der Waals surface area contributed by atoms with E-state index in [1.54, 1.807) is 0 Å². The molecule has 0 heterocycles. The molecular weight excluding hydrogens is 206 g/mol. The van der Waals surface area contributed by atoms with Gasteiger partial charge in [0.2, 0.25) is 0 Å². The van der Waals surface area contributed by atoms with Gasteiger partial charge in [-0.25, -0.2) is 0 Å².